The minimum Gasteiger partial charge on any atom is -0.464 e. The quantitative estimate of drug-likeness (QED) is 0.388. The van der Waals surface area contributed by atoms with E-state index in [1.807, 2.05) is 30.3 Å². The molecule has 0 saturated carbocycles. The lowest BCUT2D eigenvalue weighted by atomic mass is 10.1. The summed E-state index contributed by atoms with van der Waals surface area (Å²) in [5, 5.41) is 0. The minimum atomic E-state index is -0.391. The molecule has 0 amide bonds. The molecule has 1 fully saturated rings. The number of esters is 1. The monoisotopic (exact) mass is 276 g/mol. The lowest BCUT2D eigenvalue weighted by Gasteiger charge is -2.03. The van der Waals surface area contributed by atoms with E-state index in [4.69, 9.17) is 9.47 Å². The van der Waals surface area contributed by atoms with Crippen molar-refractivity contribution >= 4 is 5.97 Å². The SMILES string of the molecule is CCCCCCCCOC(=O)C1OC1c1ccccc1. The van der Waals surface area contributed by atoms with E-state index in [1.165, 1.54) is 25.7 Å². The van der Waals surface area contributed by atoms with Gasteiger partial charge in [-0.2, -0.15) is 0 Å². The zero-order chi connectivity index (χ0) is 14.2. The van der Waals surface area contributed by atoms with Crippen molar-refractivity contribution in [2.75, 3.05) is 6.61 Å². The van der Waals surface area contributed by atoms with Gasteiger partial charge in [-0.3, -0.25) is 0 Å². The minimum absolute atomic E-state index is 0.103. The third-order valence-corrected chi connectivity index (χ3v) is 3.59. The number of hydrogen-bond donors (Lipinski definition) is 0. The first-order valence-electron chi connectivity index (χ1n) is 7.70. The molecule has 1 aromatic rings. The number of epoxide rings is 1. The van der Waals surface area contributed by atoms with Gasteiger partial charge in [-0.25, -0.2) is 4.79 Å². The number of benzene rings is 1. The smallest absolute Gasteiger partial charge is 0.338 e. The van der Waals surface area contributed by atoms with E-state index in [2.05, 4.69) is 6.92 Å². The molecule has 0 spiro atoms. The second-order valence-electron chi connectivity index (χ2n) is 5.32. The van der Waals surface area contributed by atoms with Gasteiger partial charge >= 0.3 is 5.97 Å². The van der Waals surface area contributed by atoms with E-state index >= 15 is 0 Å². The topological polar surface area (TPSA) is 38.8 Å². The first-order valence-corrected chi connectivity index (χ1v) is 7.70. The van der Waals surface area contributed by atoms with Crippen LogP contribution in [0.3, 0.4) is 0 Å². The Morgan fingerprint density at radius 3 is 2.55 bits per heavy atom. The van der Waals surface area contributed by atoms with Gasteiger partial charge in [0.15, 0.2) is 6.10 Å². The number of hydrogen-bond acceptors (Lipinski definition) is 3. The van der Waals surface area contributed by atoms with Gasteiger partial charge in [0.25, 0.3) is 0 Å². The predicted octanol–water partition coefficient (Wildman–Crippen LogP) is 4.03. The Kier molecular flexibility index (Phi) is 6.06. The summed E-state index contributed by atoms with van der Waals surface area (Å²) in [4.78, 5) is 11.8. The molecule has 1 aliphatic heterocycles. The van der Waals surface area contributed by atoms with Crippen LogP contribution in [0, 0.1) is 0 Å². The van der Waals surface area contributed by atoms with Crippen molar-refractivity contribution in [1.29, 1.82) is 0 Å². The number of rotatable bonds is 9. The van der Waals surface area contributed by atoms with Crippen LogP contribution in [-0.4, -0.2) is 18.7 Å². The van der Waals surface area contributed by atoms with Gasteiger partial charge in [0.2, 0.25) is 0 Å². The zero-order valence-corrected chi connectivity index (χ0v) is 12.2. The van der Waals surface area contributed by atoms with Gasteiger partial charge in [0.05, 0.1) is 6.61 Å². The highest BCUT2D eigenvalue weighted by molar-refractivity contribution is 5.78. The Bertz CT molecular complexity index is 402. The van der Waals surface area contributed by atoms with E-state index in [-0.39, 0.29) is 12.1 Å². The van der Waals surface area contributed by atoms with Gasteiger partial charge in [-0.1, -0.05) is 69.4 Å². The molecule has 0 N–H and O–H groups in total. The molecule has 20 heavy (non-hydrogen) atoms. The average Bonchev–Trinajstić information content (AvgIpc) is 3.27. The Morgan fingerprint density at radius 2 is 1.80 bits per heavy atom. The van der Waals surface area contributed by atoms with Gasteiger partial charge in [-0.15, -0.1) is 0 Å². The molecule has 1 aliphatic rings. The number of carbonyl (C=O) groups is 1. The highest BCUT2D eigenvalue weighted by atomic mass is 16.6. The van der Waals surface area contributed by atoms with Crippen molar-refractivity contribution in [2.45, 2.75) is 57.7 Å². The molecule has 3 heteroatoms. The van der Waals surface area contributed by atoms with Crippen molar-refractivity contribution in [3.63, 3.8) is 0 Å². The van der Waals surface area contributed by atoms with Crippen LogP contribution in [0.4, 0.5) is 0 Å². The third kappa shape index (κ3) is 4.64. The maximum atomic E-state index is 11.8. The van der Waals surface area contributed by atoms with E-state index in [1.54, 1.807) is 0 Å². The summed E-state index contributed by atoms with van der Waals surface area (Å²) in [6.07, 6.45) is 6.68. The van der Waals surface area contributed by atoms with Crippen molar-refractivity contribution in [1.82, 2.24) is 0 Å². The van der Waals surface area contributed by atoms with E-state index in [0.717, 1.165) is 18.4 Å². The van der Waals surface area contributed by atoms with Crippen LogP contribution in [0.1, 0.15) is 57.1 Å². The summed E-state index contributed by atoms with van der Waals surface area (Å²) < 4.78 is 10.7. The highest BCUT2D eigenvalue weighted by Gasteiger charge is 2.47. The Morgan fingerprint density at radius 1 is 1.10 bits per heavy atom. The van der Waals surface area contributed by atoms with Crippen molar-refractivity contribution in [3.05, 3.63) is 35.9 Å². The van der Waals surface area contributed by atoms with E-state index in [0.29, 0.717) is 6.61 Å². The number of carbonyl (C=O) groups excluding carboxylic acids is 1. The summed E-state index contributed by atoms with van der Waals surface area (Å²) in [6.45, 7) is 2.73. The molecular formula is C17H24O3. The third-order valence-electron chi connectivity index (χ3n) is 3.59. The van der Waals surface area contributed by atoms with Crippen molar-refractivity contribution in [3.8, 4) is 0 Å². The molecule has 1 heterocycles. The zero-order valence-electron chi connectivity index (χ0n) is 12.2. The lowest BCUT2D eigenvalue weighted by molar-refractivity contribution is -0.145. The summed E-state index contributed by atoms with van der Waals surface area (Å²) in [7, 11) is 0. The van der Waals surface area contributed by atoms with Crippen LogP contribution in [0.15, 0.2) is 30.3 Å². The van der Waals surface area contributed by atoms with Crippen LogP contribution in [0.5, 0.6) is 0 Å². The fraction of sp³-hybridized carbons (Fsp3) is 0.588. The molecule has 1 aromatic carbocycles. The molecule has 2 rings (SSSR count). The lowest BCUT2D eigenvalue weighted by Crippen LogP contribution is -2.13. The van der Waals surface area contributed by atoms with Crippen LogP contribution in [0.2, 0.25) is 0 Å². The van der Waals surface area contributed by atoms with Crippen molar-refractivity contribution < 1.29 is 14.3 Å². The summed E-state index contributed by atoms with van der Waals surface area (Å²) >= 11 is 0. The van der Waals surface area contributed by atoms with Crippen molar-refractivity contribution in [2.24, 2.45) is 0 Å². The van der Waals surface area contributed by atoms with Crippen LogP contribution in [-0.2, 0) is 14.3 Å². The van der Waals surface area contributed by atoms with Crippen LogP contribution >= 0.6 is 0 Å². The fourth-order valence-corrected chi connectivity index (χ4v) is 2.33. The Labute approximate surface area is 121 Å². The maximum absolute atomic E-state index is 11.8. The standard InChI is InChI=1S/C17H24O3/c1-2-3-4-5-6-10-13-19-17(18)16-15(20-16)14-11-8-7-9-12-14/h7-9,11-12,15-16H,2-6,10,13H2,1H3. The molecular weight excluding hydrogens is 252 g/mol. The van der Waals surface area contributed by atoms with Gasteiger partial charge < -0.3 is 9.47 Å². The molecule has 2 unspecified atom stereocenters. The normalized spacial score (nSPS) is 20.6. The Balaban J connectivity index is 1.56. The fourth-order valence-electron chi connectivity index (χ4n) is 2.33. The second-order valence-corrected chi connectivity index (χ2v) is 5.32. The number of ether oxygens (including phenoxy) is 2. The molecule has 2 atom stereocenters. The van der Waals surface area contributed by atoms with Gasteiger partial charge in [0.1, 0.15) is 6.10 Å². The molecule has 1 saturated heterocycles. The maximum Gasteiger partial charge on any atom is 0.338 e. The van der Waals surface area contributed by atoms with Gasteiger partial charge in [0, 0.05) is 0 Å². The highest BCUT2D eigenvalue weighted by Crippen LogP contribution is 2.39. The molecule has 0 bridgehead atoms. The first kappa shape index (κ1) is 15.0. The molecule has 3 nitrogen and oxygen atoms in total. The number of unbranched alkanes of at least 4 members (excludes halogenated alkanes) is 5. The summed E-state index contributed by atoms with van der Waals surface area (Å²) in [6, 6.07) is 9.82. The largest absolute Gasteiger partial charge is 0.464 e. The second kappa shape index (κ2) is 8.05. The van der Waals surface area contributed by atoms with Gasteiger partial charge in [-0.05, 0) is 12.0 Å². The van der Waals surface area contributed by atoms with Crippen LogP contribution in [0.25, 0.3) is 0 Å². The molecule has 0 radical (unpaired) electrons. The summed E-state index contributed by atoms with van der Waals surface area (Å²) in [5.74, 6) is -0.215. The molecule has 0 aromatic heterocycles. The molecule has 110 valence electrons. The van der Waals surface area contributed by atoms with Crippen LogP contribution < -0.4 is 0 Å². The average molecular weight is 276 g/mol. The van der Waals surface area contributed by atoms with E-state index in [9.17, 15) is 4.79 Å². The summed E-state index contributed by atoms with van der Waals surface area (Å²) in [5.41, 5.74) is 1.05. The first-order chi connectivity index (χ1) is 9.83. The Hall–Kier alpha value is -1.35. The van der Waals surface area contributed by atoms with E-state index < -0.39 is 6.10 Å². The predicted molar refractivity (Wildman–Crippen MR) is 78.4 cm³/mol. The molecule has 0 aliphatic carbocycles.